The number of carbonyl (C=O) groups excluding carboxylic acids is 1. The van der Waals surface area contributed by atoms with Crippen LogP contribution in [0.1, 0.15) is 36.2 Å². The third-order valence-electron chi connectivity index (χ3n) is 2.32. The number of hydrogen-bond donors (Lipinski definition) is 1. The molecular weight excluding hydrogens is 176 g/mol. The fourth-order valence-electron chi connectivity index (χ4n) is 1.44. The summed E-state index contributed by atoms with van der Waals surface area (Å²) >= 11 is 0. The van der Waals surface area contributed by atoms with Gasteiger partial charge in [0.2, 0.25) is 0 Å². The number of benzene rings is 1. The summed E-state index contributed by atoms with van der Waals surface area (Å²) in [5.74, 6) is 0.0592. The first kappa shape index (κ1) is 10.9. The van der Waals surface area contributed by atoms with Crippen LogP contribution in [-0.4, -0.2) is 17.0 Å². The third-order valence-corrected chi connectivity index (χ3v) is 2.32. The zero-order chi connectivity index (χ0) is 10.6. The number of hydrogen-bond acceptors (Lipinski definition) is 2. The van der Waals surface area contributed by atoms with Crippen LogP contribution < -0.4 is 0 Å². The van der Waals surface area contributed by atoms with E-state index in [1.54, 1.807) is 13.0 Å². The van der Waals surface area contributed by atoms with E-state index in [2.05, 4.69) is 0 Å². The lowest BCUT2D eigenvalue weighted by molar-refractivity contribution is 0.101. The van der Waals surface area contributed by atoms with Crippen molar-refractivity contribution in [3.8, 4) is 0 Å². The van der Waals surface area contributed by atoms with Gasteiger partial charge in [0.1, 0.15) is 0 Å². The van der Waals surface area contributed by atoms with Crippen LogP contribution in [0.2, 0.25) is 0 Å². The molecule has 1 N–H and O–H groups in total. The Balaban J connectivity index is 2.90. The second kappa shape index (κ2) is 4.91. The molecule has 14 heavy (non-hydrogen) atoms. The van der Waals surface area contributed by atoms with Crippen LogP contribution >= 0.6 is 0 Å². The van der Waals surface area contributed by atoms with E-state index in [-0.39, 0.29) is 11.9 Å². The Kier molecular flexibility index (Phi) is 3.84. The molecule has 2 nitrogen and oxygen atoms in total. The number of aliphatic hydroxyl groups excluding tert-OH is 1. The predicted molar refractivity (Wildman–Crippen MR) is 56.4 cm³/mol. The maximum absolute atomic E-state index is 11.3. The van der Waals surface area contributed by atoms with Gasteiger partial charge in [-0.15, -0.1) is 0 Å². The van der Waals surface area contributed by atoms with Crippen molar-refractivity contribution in [2.24, 2.45) is 0 Å². The van der Waals surface area contributed by atoms with E-state index in [1.165, 1.54) is 0 Å². The Labute approximate surface area is 84.6 Å². The molecule has 0 aliphatic heterocycles. The molecule has 0 aromatic heterocycles. The van der Waals surface area contributed by atoms with Crippen LogP contribution in [0, 0.1) is 0 Å². The van der Waals surface area contributed by atoms with Gasteiger partial charge in [-0.3, -0.25) is 4.79 Å². The van der Waals surface area contributed by atoms with Crippen LogP contribution in [0.3, 0.4) is 0 Å². The lowest BCUT2D eigenvalue weighted by Crippen LogP contribution is -2.11. The van der Waals surface area contributed by atoms with Crippen LogP contribution in [-0.2, 0) is 6.42 Å². The van der Waals surface area contributed by atoms with Crippen molar-refractivity contribution in [1.29, 1.82) is 0 Å². The molecule has 0 bridgehead atoms. The molecule has 0 radical (unpaired) electrons. The van der Waals surface area contributed by atoms with Crippen molar-refractivity contribution in [3.63, 3.8) is 0 Å². The van der Waals surface area contributed by atoms with E-state index in [0.29, 0.717) is 12.8 Å². The first-order valence-corrected chi connectivity index (χ1v) is 4.92. The molecule has 0 spiro atoms. The lowest BCUT2D eigenvalue weighted by atomic mass is 9.98. The van der Waals surface area contributed by atoms with Crippen molar-refractivity contribution in [1.82, 2.24) is 0 Å². The Morgan fingerprint density at radius 3 is 2.64 bits per heavy atom. The van der Waals surface area contributed by atoms with Gasteiger partial charge in [-0.25, -0.2) is 0 Å². The molecule has 2 heteroatoms. The van der Waals surface area contributed by atoms with E-state index in [9.17, 15) is 9.90 Å². The fraction of sp³-hybridized carbons (Fsp3) is 0.417. The Morgan fingerprint density at radius 1 is 1.43 bits per heavy atom. The molecule has 1 atom stereocenters. The van der Waals surface area contributed by atoms with Crippen LogP contribution in [0.4, 0.5) is 0 Å². The maximum atomic E-state index is 11.3. The smallest absolute Gasteiger partial charge is 0.160 e. The first-order valence-electron chi connectivity index (χ1n) is 4.92. The summed E-state index contributed by atoms with van der Waals surface area (Å²) < 4.78 is 0. The van der Waals surface area contributed by atoms with Gasteiger partial charge in [-0.05, 0) is 25.3 Å². The third kappa shape index (κ3) is 2.67. The molecule has 0 amide bonds. The van der Waals surface area contributed by atoms with Crippen molar-refractivity contribution < 1.29 is 9.90 Å². The van der Waals surface area contributed by atoms with E-state index in [0.717, 1.165) is 11.1 Å². The molecule has 1 aromatic rings. The van der Waals surface area contributed by atoms with Gasteiger partial charge in [0.25, 0.3) is 0 Å². The lowest BCUT2D eigenvalue weighted by Gasteiger charge is -2.10. The summed E-state index contributed by atoms with van der Waals surface area (Å²) in [6.45, 7) is 3.48. The summed E-state index contributed by atoms with van der Waals surface area (Å²) in [5.41, 5.74) is 1.66. The van der Waals surface area contributed by atoms with E-state index < -0.39 is 0 Å². The zero-order valence-corrected chi connectivity index (χ0v) is 8.66. The average molecular weight is 192 g/mol. The van der Waals surface area contributed by atoms with E-state index in [1.807, 2.05) is 25.1 Å². The number of Topliss-reactive ketones (excluding diaryl/α,β-unsaturated/α-hetero) is 1. The van der Waals surface area contributed by atoms with Gasteiger partial charge in [0, 0.05) is 5.56 Å². The number of rotatable bonds is 4. The molecule has 1 unspecified atom stereocenters. The second-order valence-corrected chi connectivity index (χ2v) is 3.48. The molecule has 0 saturated carbocycles. The highest BCUT2D eigenvalue weighted by Gasteiger charge is 2.09. The molecule has 76 valence electrons. The monoisotopic (exact) mass is 192 g/mol. The minimum Gasteiger partial charge on any atom is -0.393 e. The van der Waals surface area contributed by atoms with Crippen LogP contribution in [0.25, 0.3) is 0 Å². The molecule has 0 fully saturated rings. The molecule has 0 heterocycles. The largest absolute Gasteiger partial charge is 0.393 e. The Morgan fingerprint density at radius 2 is 2.07 bits per heavy atom. The normalized spacial score (nSPS) is 12.5. The van der Waals surface area contributed by atoms with Crippen molar-refractivity contribution in [2.45, 2.75) is 32.8 Å². The van der Waals surface area contributed by atoms with Gasteiger partial charge < -0.3 is 5.11 Å². The number of ketones is 1. The molecule has 0 saturated heterocycles. The summed E-state index contributed by atoms with van der Waals surface area (Å²) in [4.78, 5) is 11.3. The summed E-state index contributed by atoms with van der Waals surface area (Å²) in [6, 6.07) is 7.44. The molecule has 1 rings (SSSR count). The minimum absolute atomic E-state index is 0.0592. The fourth-order valence-corrected chi connectivity index (χ4v) is 1.44. The van der Waals surface area contributed by atoms with Crippen molar-refractivity contribution in [3.05, 3.63) is 35.4 Å². The van der Waals surface area contributed by atoms with Gasteiger partial charge in [-0.1, -0.05) is 31.2 Å². The minimum atomic E-state index is -0.351. The van der Waals surface area contributed by atoms with Gasteiger partial charge >= 0.3 is 0 Å². The van der Waals surface area contributed by atoms with Gasteiger partial charge in [0.05, 0.1) is 6.10 Å². The Hall–Kier alpha value is -1.15. The summed E-state index contributed by atoms with van der Waals surface area (Å²) in [6.07, 6.45) is 0.925. The van der Waals surface area contributed by atoms with E-state index in [4.69, 9.17) is 0 Å². The SMILES string of the molecule is CCC(O)Cc1ccccc1C(C)=O. The number of carbonyl (C=O) groups is 1. The Bertz CT molecular complexity index is 318. The highest BCUT2D eigenvalue weighted by molar-refractivity contribution is 5.95. The topological polar surface area (TPSA) is 37.3 Å². The highest BCUT2D eigenvalue weighted by Crippen LogP contribution is 2.12. The number of aliphatic hydroxyl groups is 1. The quantitative estimate of drug-likeness (QED) is 0.742. The first-order chi connectivity index (χ1) is 6.65. The maximum Gasteiger partial charge on any atom is 0.160 e. The van der Waals surface area contributed by atoms with Gasteiger partial charge in [0.15, 0.2) is 5.78 Å². The summed E-state index contributed by atoms with van der Waals surface area (Å²) in [5, 5.41) is 9.51. The van der Waals surface area contributed by atoms with Gasteiger partial charge in [-0.2, -0.15) is 0 Å². The molecule has 1 aromatic carbocycles. The molecule has 0 aliphatic carbocycles. The second-order valence-electron chi connectivity index (χ2n) is 3.48. The van der Waals surface area contributed by atoms with Crippen molar-refractivity contribution >= 4 is 5.78 Å². The molecule has 0 aliphatic rings. The summed E-state index contributed by atoms with van der Waals surface area (Å²) in [7, 11) is 0. The van der Waals surface area contributed by atoms with E-state index >= 15 is 0 Å². The predicted octanol–water partition coefficient (Wildman–Crippen LogP) is 2.20. The standard InChI is InChI=1S/C12H16O2/c1-3-11(14)8-10-6-4-5-7-12(10)9(2)13/h4-7,11,14H,3,8H2,1-2H3. The average Bonchev–Trinajstić information content (AvgIpc) is 2.18. The highest BCUT2D eigenvalue weighted by atomic mass is 16.3. The molecular formula is C12H16O2. The van der Waals surface area contributed by atoms with Crippen LogP contribution in [0.5, 0.6) is 0 Å². The van der Waals surface area contributed by atoms with Crippen molar-refractivity contribution in [2.75, 3.05) is 0 Å². The zero-order valence-electron chi connectivity index (χ0n) is 8.66. The van der Waals surface area contributed by atoms with Crippen LogP contribution in [0.15, 0.2) is 24.3 Å².